The highest BCUT2D eigenvalue weighted by atomic mass is 35.5. The van der Waals surface area contributed by atoms with Crippen molar-refractivity contribution in [1.82, 2.24) is 5.32 Å². The molecular formula is C14H11ClFNOS. The number of nitrogens with one attached hydrogen (secondary N) is 1. The van der Waals surface area contributed by atoms with Gasteiger partial charge in [0.05, 0.1) is 4.34 Å². The van der Waals surface area contributed by atoms with Gasteiger partial charge >= 0.3 is 0 Å². The number of thiophene rings is 1. The lowest BCUT2D eigenvalue weighted by atomic mass is 10.1. The molecule has 2 aromatic heterocycles. The average Bonchev–Trinajstić information content (AvgIpc) is 2.96. The van der Waals surface area contributed by atoms with Gasteiger partial charge in [-0.1, -0.05) is 11.6 Å². The summed E-state index contributed by atoms with van der Waals surface area (Å²) in [5.41, 5.74) is 0.680. The minimum atomic E-state index is -0.264. The highest BCUT2D eigenvalue weighted by Gasteiger charge is 2.18. The first-order valence-electron chi connectivity index (χ1n) is 5.79. The predicted molar refractivity (Wildman–Crippen MR) is 76.4 cm³/mol. The number of halogens is 2. The summed E-state index contributed by atoms with van der Waals surface area (Å²) in [6.45, 7) is 0. The van der Waals surface area contributed by atoms with Crippen LogP contribution in [0.3, 0.4) is 0 Å². The molecule has 2 heterocycles. The lowest BCUT2D eigenvalue weighted by Crippen LogP contribution is -2.15. The van der Waals surface area contributed by atoms with Crippen molar-refractivity contribution in [2.45, 2.75) is 6.04 Å². The van der Waals surface area contributed by atoms with Gasteiger partial charge in [0.15, 0.2) is 0 Å². The molecule has 0 radical (unpaired) electrons. The van der Waals surface area contributed by atoms with Crippen LogP contribution >= 0.6 is 22.9 Å². The summed E-state index contributed by atoms with van der Waals surface area (Å²) in [7, 11) is 1.85. The van der Waals surface area contributed by atoms with E-state index in [1.54, 1.807) is 6.07 Å². The molecule has 1 N–H and O–H groups in total. The fourth-order valence-corrected chi connectivity index (χ4v) is 3.26. The molecule has 5 heteroatoms. The van der Waals surface area contributed by atoms with E-state index in [1.807, 2.05) is 25.2 Å². The number of fused-ring (bicyclic) bond motifs is 1. The zero-order valence-corrected chi connectivity index (χ0v) is 11.7. The van der Waals surface area contributed by atoms with Crippen molar-refractivity contribution in [2.75, 3.05) is 7.05 Å². The standard InChI is InChI=1S/C14H11ClFNOS/c1-17-14(12-4-5-13(15)19-12)11-7-8-6-9(16)2-3-10(8)18-11/h2-7,14,17H,1H3. The number of rotatable bonds is 3. The van der Waals surface area contributed by atoms with Crippen LogP contribution in [-0.2, 0) is 0 Å². The summed E-state index contributed by atoms with van der Waals surface area (Å²) < 4.78 is 19.7. The third-order valence-corrected chi connectivity index (χ3v) is 4.25. The maximum Gasteiger partial charge on any atom is 0.134 e. The van der Waals surface area contributed by atoms with Crippen LogP contribution in [0.5, 0.6) is 0 Å². The molecular weight excluding hydrogens is 285 g/mol. The largest absolute Gasteiger partial charge is 0.459 e. The molecule has 98 valence electrons. The maximum atomic E-state index is 13.2. The molecule has 19 heavy (non-hydrogen) atoms. The zero-order valence-electron chi connectivity index (χ0n) is 10.1. The molecule has 0 aliphatic carbocycles. The Morgan fingerprint density at radius 1 is 1.26 bits per heavy atom. The Hall–Kier alpha value is -1.36. The highest BCUT2D eigenvalue weighted by Crippen LogP contribution is 2.33. The smallest absolute Gasteiger partial charge is 0.134 e. The van der Waals surface area contributed by atoms with Gasteiger partial charge in [-0.15, -0.1) is 11.3 Å². The average molecular weight is 296 g/mol. The van der Waals surface area contributed by atoms with Gasteiger partial charge in [0, 0.05) is 10.3 Å². The van der Waals surface area contributed by atoms with E-state index in [-0.39, 0.29) is 11.9 Å². The molecule has 2 nitrogen and oxygen atoms in total. The number of benzene rings is 1. The molecule has 3 rings (SSSR count). The second kappa shape index (κ2) is 4.96. The summed E-state index contributed by atoms with van der Waals surface area (Å²) in [5.74, 6) is 0.488. The van der Waals surface area contributed by atoms with E-state index in [0.717, 1.165) is 20.4 Å². The Morgan fingerprint density at radius 3 is 2.79 bits per heavy atom. The van der Waals surface area contributed by atoms with Crippen molar-refractivity contribution in [3.8, 4) is 0 Å². The molecule has 0 amide bonds. The first kappa shape index (κ1) is 12.7. The molecule has 0 bridgehead atoms. The minimum Gasteiger partial charge on any atom is -0.459 e. The second-order valence-electron chi connectivity index (χ2n) is 4.19. The molecule has 1 atom stereocenters. The SMILES string of the molecule is CNC(c1cc2cc(F)ccc2o1)c1ccc(Cl)s1. The van der Waals surface area contributed by atoms with E-state index in [2.05, 4.69) is 5.32 Å². The summed E-state index contributed by atoms with van der Waals surface area (Å²) in [6.07, 6.45) is 0. The predicted octanol–water partition coefficient (Wildman–Crippen LogP) is 4.60. The zero-order chi connectivity index (χ0) is 13.4. The fourth-order valence-electron chi connectivity index (χ4n) is 2.09. The first-order valence-corrected chi connectivity index (χ1v) is 6.98. The van der Waals surface area contributed by atoms with Gasteiger partial charge < -0.3 is 9.73 Å². The van der Waals surface area contributed by atoms with Crippen molar-refractivity contribution in [2.24, 2.45) is 0 Å². The van der Waals surface area contributed by atoms with Crippen molar-refractivity contribution < 1.29 is 8.81 Å². The maximum absolute atomic E-state index is 13.2. The molecule has 0 aliphatic rings. The fraction of sp³-hybridized carbons (Fsp3) is 0.143. The molecule has 0 fully saturated rings. The van der Waals surface area contributed by atoms with E-state index < -0.39 is 0 Å². The van der Waals surface area contributed by atoms with Gasteiger partial charge in [-0.2, -0.15) is 0 Å². The van der Waals surface area contributed by atoms with Crippen molar-refractivity contribution >= 4 is 33.9 Å². The van der Waals surface area contributed by atoms with Crippen molar-refractivity contribution in [3.63, 3.8) is 0 Å². The Balaban J connectivity index is 2.06. The third kappa shape index (κ3) is 2.39. The summed E-state index contributed by atoms with van der Waals surface area (Å²) in [6, 6.07) is 10.1. The molecule has 0 saturated heterocycles. The molecule has 1 aromatic carbocycles. The Morgan fingerprint density at radius 2 is 2.11 bits per heavy atom. The van der Waals surface area contributed by atoms with E-state index in [9.17, 15) is 4.39 Å². The van der Waals surface area contributed by atoms with E-state index in [1.165, 1.54) is 23.5 Å². The lowest BCUT2D eigenvalue weighted by Gasteiger charge is -2.10. The molecule has 0 saturated carbocycles. The van der Waals surface area contributed by atoms with Crippen LogP contribution in [0.2, 0.25) is 4.34 Å². The Bertz CT molecular complexity index is 721. The summed E-state index contributed by atoms with van der Waals surface area (Å²) in [4.78, 5) is 1.06. The van der Waals surface area contributed by atoms with Gasteiger partial charge in [-0.25, -0.2) is 4.39 Å². The first-order chi connectivity index (χ1) is 9.17. The Labute approximate surface area is 118 Å². The van der Waals surface area contributed by atoms with Gasteiger partial charge in [-0.3, -0.25) is 0 Å². The number of hydrogen-bond donors (Lipinski definition) is 1. The van der Waals surface area contributed by atoms with Gasteiger partial charge in [0.25, 0.3) is 0 Å². The van der Waals surface area contributed by atoms with Crippen LogP contribution in [0.1, 0.15) is 16.7 Å². The molecule has 0 aliphatic heterocycles. The number of hydrogen-bond acceptors (Lipinski definition) is 3. The van der Waals surface area contributed by atoms with Crippen LogP contribution in [0, 0.1) is 5.82 Å². The van der Waals surface area contributed by atoms with Crippen LogP contribution in [0.4, 0.5) is 4.39 Å². The van der Waals surface area contributed by atoms with Crippen LogP contribution in [-0.4, -0.2) is 7.05 Å². The normalized spacial score (nSPS) is 13.0. The third-order valence-electron chi connectivity index (χ3n) is 2.95. The second-order valence-corrected chi connectivity index (χ2v) is 5.94. The topological polar surface area (TPSA) is 25.2 Å². The number of furan rings is 1. The summed E-state index contributed by atoms with van der Waals surface area (Å²) >= 11 is 7.46. The molecule has 1 unspecified atom stereocenters. The molecule has 3 aromatic rings. The van der Waals surface area contributed by atoms with Gasteiger partial charge in [0.2, 0.25) is 0 Å². The van der Waals surface area contributed by atoms with Gasteiger partial charge in [0.1, 0.15) is 23.2 Å². The summed E-state index contributed by atoms with van der Waals surface area (Å²) in [5, 5.41) is 3.95. The van der Waals surface area contributed by atoms with Crippen molar-refractivity contribution in [1.29, 1.82) is 0 Å². The monoisotopic (exact) mass is 295 g/mol. The van der Waals surface area contributed by atoms with Crippen molar-refractivity contribution in [3.05, 3.63) is 57.2 Å². The van der Waals surface area contributed by atoms with E-state index >= 15 is 0 Å². The minimum absolute atomic E-state index is 0.0760. The van der Waals surface area contributed by atoms with E-state index in [4.69, 9.17) is 16.0 Å². The van der Waals surface area contributed by atoms with Crippen LogP contribution in [0.25, 0.3) is 11.0 Å². The van der Waals surface area contributed by atoms with Crippen LogP contribution < -0.4 is 5.32 Å². The Kier molecular flexibility index (Phi) is 3.31. The lowest BCUT2D eigenvalue weighted by molar-refractivity contribution is 0.495. The highest BCUT2D eigenvalue weighted by molar-refractivity contribution is 7.16. The molecule has 0 spiro atoms. The van der Waals surface area contributed by atoms with E-state index in [0.29, 0.717) is 5.58 Å². The van der Waals surface area contributed by atoms with Crippen LogP contribution in [0.15, 0.2) is 40.8 Å². The quantitative estimate of drug-likeness (QED) is 0.764. The van der Waals surface area contributed by atoms with Gasteiger partial charge in [-0.05, 0) is 43.4 Å².